The van der Waals surface area contributed by atoms with Gasteiger partial charge < -0.3 is 10.6 Å². The smallest absolute Gasteiger partial charge is 0.0108 e. The summed E-state index contributed by atoms with van der Waals surface area (Å²) in [5.74, 6) is 0.912. The Morgan fingerprint density at radius 1 is 0.917 bits per heavy atom. The lowest BCUT2D eigenvalue weighted by Crippen LogP contribution is -2.35. The van der Waals surface area contributed by atoms with Crippen LogP contribution < -0.4 is 10.6 Å². The molecule has 2 unspecified atom stereocenters. The maximum Gasteiger partial charge on any atom is 0.0108 e. The molecule has 2 atom stereocenters. The number of hydrogen-bond acceptors (Lipinski definition) is 2. The van der Waals surface area contributed by atoms with Crippen LogP contribution >= 0.6 is 0 Å². The molecule has 1 aliphatic heterocycles. The van der Waals surface area contributed by atoms with Crippen molar-refractivity contribution >= 4 is 0 Å². The Morgan fingerprint density at radius 2 is 1.83 bits per heavy atom. The Hall–Kier alpha value is -0.0800. The van der Waals surface area contributed by atoms with Crippen molar-refractivity contribution in [2.24, 2.45) is 5.92 Å². The second kappa shape index (κ2) is 4.24. The van der Waals surface area contributed by atoms with E-state index < -0.39 is 0 Å². The maximum absolute atomic E-state index is 3.66. The van der Waals surface area contributed by atoms with Gasteiger partial charge in [0.15, 0.2) is 0 Å². The number of fused-ring (bicyclic) bond motifs is 1. The summed E-state index contributed by atoms with van der Waals surface area (Å²) < 4.78 is 0. The van der Waals surface area contributed by atoms with E-state index in [1.165, 1.54) is 45.2 Å². The predicted molar refractivity (Wildman–Crippen MR) is 51.2 cm³/mol. The van der Waals surface area contributed by atoms with Crippen molar-refractivity contribution in [3.63, 3.8) is 0 Å². The summed E-state index contributed by atoms with van der Waals surface area (Å²) in [7, 11) is 0. The Labute approximate surface area is 75.1 Å². The summed E-state index contributed by atoms with van der Waals surface area (Å²) in [5, 5.41) is 7.17. The molecule has 1 heterocycles. The Kier molecular flexibility index (Phi) is 3.01. The highest BCUT2D eigenvalue weighted by molar-refractivity contribution is 4.83. The van der Waals surface area contributed by atoms with E-state index in [0.29, 0.717) is 0 Å². The Bertz CT molecular complexity index is 108. The quantitative estimate of drug-likeness (QED) is 0.566. The third-order valence-electron chi connectivity index (χ3n) is 3.27. The van der Waals surface area contributed by atoms with Gasteiger partial charge in [0.25, 0.3) is 0 Å². The topological polar surface area (TPSA) is 24.1 Å². The third kappa shape index (κ3) is 1.99. The van der Waals surface area contributed by atoms with Gasteiger partial charge in [-0.15, -0.1) is 0 Å². The molecule has 0 bridgehead atoms. The molecule has 2 nitrogen and oxygen atoms in total. The monoisotopic (exact) mass is 168 g/mol. The average Bonchev–Trinajstić information content (AvgIpc) is 2.38. The molecule has 0 aromatic heterocycles. The molecule has 2 N–H and O–H groups in total. The van der Waals surface area contributed by atoms with Crippen molar-refractivity contribution < 1.29 is 0 Å². The van der Waals surface area contributed by atoms with Crippen molar-refractivity contribution in [1.82, 2.24) is 10.6 Å². The normalized spacial score (nSPS) is 38.0. The van der Waals surface area contributed by atoms with Gasteiger partial charge in [0.05, 0.1) is 0 Å². The molecule has 0 amide bonds. The third-order valence-corrected chi connectivity index (χ3v) is 3.27. The van der Waals surface area contributed by atoms with Gasteiger partial charge in [0.1, 0.15) is 0 Å². The number of nitrogens with one attached hydrogen (secondary N) is 2. The van der Waals surface area contributed by atoms with Crippen LogP contribution in [0.25, 0.3) is 0 Å². The van der Waals surface area contributed by atoms with Crippen LogP contribution in [0, 0.1) is 5.92 Å². The summed E-state index contributed by atoms with van der Waals surface area (Å²) in [6.07, 6.45) is 7.18. The second-order valence-electron chi connectivity index (χ2n) is 4.16. The van der Waals surface area contributed by atoms with E-state index in [1.54, 1.807) is 0 Å². The molecule has 0 aromatic carbocycles. The predicted octanol–water partition coefficient (Wildman–Crippen LogP) is 1.13. The lowest BCUT2D eigenvalue weighted by atomic mass is 9.95. The lowest BCUT2D eigenvalue weighted by Gasteiger charge is -2.22. The van der Waals surface area contributed by atoms with Crippen LogP contribution in [0.2, 0.25) is 0 Å². The maximum atomic E-state index is 3.66. The van der Waals surface area contributed by atoms with E-state index in [1.807, 2.05) is 0 Å². The van der Waals surface area contributed by atoms with Crippen molar-refractivity contribution in [2.75, 3.05) is 19.6 Å². The lowest BCUT2D eigenvalue weighted by molar-refractivity contribution is 0.358. The van der Waals surface area contributed by atoms with Crippen LogP contribution in [0.4, 0.5) is 0 Å². The molecule has 0 spiro atoms. The molecule has 12 heavy (non-hydrogen) atoms. The Morgan fingerprint density at radius 3 is 2.83 bits per heavy atom. The zero-order valence-electron chi connectivity index (χ0n) is 7.81. The van der Waals surface area contributed by atoms with Gasteiger partial charge in [0, 0.05) is 19.1 Å². The molecule has 2 aliphatic rings. The van der Waals surface area contributed by atoms with E-state index in [9.17, 15) is 0 Å². The molecule has 1 aliphatic carbocycles. The summed E-state index contributed by atoms with van der Waals surface area (Å²) in [6, 6.07) is 0.822. The fourth-order valence-electron chi connectivity index (χ4n) is 2.53. The standard InChI is InChI=1S/C10H20N2/c1-2-4-9-8-11-6-7-12-10(9)5-3-1/h9-12H,1-8H2. The summed E-state index contributed by atoms with van der Waals surface area (Å²) in [6.45, 7) is 3.58. The van der Waals surface area contributed by atoms with E-state index in [2.05, 4.69) is 10.6 Å². The molecular formula is C10H20N2. The molecule has 70 valence electrons. The number of rotatable bonds is 0. The first-order chi connectivity index (χ1) is 5.97. The molecule has 2 rings (SSSR count). The first-order valence-electron chi connectivity index (χ1n) is 5.41. The van der Waals surface area contributed by atoms with Gasteiger partial charge >= 0.3 is 0 Å². The summed E-state index contributed by atoms with van der Waals surface area (Å²) >= 11 is 0. The molecule has 1 saturated carbocycles. The largest absolute Gasteiger partial charge is 0.315 e. The van der Waals surface area contributed by atoms with Gasteiger partial charge in [-0.3, -0.25) is 0 Å². The highest BCUT2D eigenvalue weighted by atomic mass is 15.0. The molecule has 2 fully saturated rings. The van der Waals surface area contributed by atoms with Crippen molar-refractivity contribution in [2.45, 2.75) is 38.1 Å². The summed E-state index contributed by atoms with van der Waals surface area (Å²) in [5.41, 5.74) is 0. The van der Waals surface area contributed by atoms with Crippen LogP contribution in [0.3, 0.4) is 0 Å². The van der Waals surface area contributed by atoms with Gasteiger partial charge in [-0.25, -0.2) is 0 Å². The minimum Gasteiger partial charge on any atom is -0.315 e. The average molecular weight is 168 g/mol. The van der Waals surface area contributed by atoms with E-state index in [0.717, 1.165) is 18.5 Å². The second-order valence-corrected chi connectivity index (χ2v) is 4.16. The first-order valence-corrected chi connectivity index (χ1v) is 5.41. The molecule has 1 saturated heterocycles. The van der Waals surface area contributed by atoms with Crippen LogP contribution in [0.1, 0.15) is 32.1 Å². The summed E-state index contributed by atoms with van der Waals surface area (Å²) in [4.78, 5) is 0. The fourth-order valence-corrected chi connectivity index (χ4v) is 2.53. The van der Waals surface area contributed by atoms with Crippen LogP contribution in [0.15, 0.2) is 0 Å². The van der Waals surface area contributed by atoms with Gasteiger partial charge in [0.2, 0.25) is 0 Å². The molecular weight excluding hydrogens is 148 g/mol. The van der Waals surface area contributed by atoms with E-state index >= 15 is 0 Å². The van der Waals surface area contributed by atoms with Crippen molar-refractivity contribution in [3.05, 3.63) is 0 Å². The van der Waals surface area contributed by atoms with E-state index in [4.69, 9.17) is 0 Å². The minimum atomic E-state index is 0.822. The highest BCUT2D eigenvalue weighted by Crippen LogP contribution is 2.23. The van der Waals surface area contributed by atoms with Crippen LogP contribution in [-0.2, 0) is 0 Å². The molecule has 0 aromatic rings. The van der Waals surface area contributed by atoms with Crippen LogP contribution in [0.5, 0.6) is 0 Å². The van der Waals surface area contributed by atoms with Gasteiger partial charge in [-0.2, -0.15) is 0 Å². The fraction of sp³-hybridized carbons (Fsp3) is 1.00. The first kappa shape index (κ1) is 8.52. The van der Waals surface area contributed by atoms with E-state index in [-0.39, 0.29) is 0 Å². The zero-order valence-corrected chi connectivity index (χ0v) is 7.81. The van der Waals surface area contributed by atoms with Crippen molar-refractivity contribution in [3.8, 4) is 0 Å². The van der Waals surface area contributed by atoms with Crippen molar-refractivity contribution in [1.29, 1.82) is 0 Å². The molecule has 2 heteroatoms. The molecule has 0 radical (unpaired) electrons. The van der Waals surface area contributed by atoms with Crippen LogP contribution in [-0.4, -0.2) is 25.7 Å². The SMILES string of the molecule is C1CCC2CNCCNC2CC1. The number of hydrogen-bond donors (Lipinski definition) is 2. The van der Waals surface area contributed by atoms with Gasteiger partial charge in [-0.05, 0) is 25.3 Å². The minimum absolute atomic E-state index is 0.822. The highest BCUT2D eigenvalue weighted by Gasteiger charge is 2.24. The zero-order chi connectivity index (χ0) is 8.23. The van der Waals surface area contributed by atoms with Gasteiger partial charge in [-0.1, -0.05) is 19.3 Å². The Balaban J connectivity index is 1.94.